The van der Waals surface area contributed by atoms with Gasteiger partial charge in [0, 0.05) is 5.69 Å². The van der Waals surface area contributed by atoms with E-state index in [1.807, 2.05) is 0 Å². The SMILES string of the molecule is Cc1cc(F)ccc1COc1cccc(N)c1C(=O)O. The third-order valence-electron chi connectivity index (χ3n) is 2.96. The van der Waals surface area contributed by atoms with E-state index in [-0.39, 0.29) is 29.4 Å². The first-order chi connectivity index (χ1) is 9.49. The lowest BCUT2D eigenvalue weighted by molar-refractivity contribution is 0.0693. The van der Waals surface area contributed by atoms with E-state index in [0.29, 0.717) is 0 Å². The van der Waals surface area contributed by atoms with Gasteiger partial charge in [0.2, 0.25) is 0 Å². The van der Waals surface area contributed by atoms with Crippen molar-refractivity contribution >= 4 is 11.7 Å². The molecular formula is C15H14FNO3. The van der Waals surface area contributed by atoms with E-state index >= 15 is 0 Å². The molecule has 0 aliphatic carbocycles. The van der Waals surface area contributed by atoms with Gasteiger partial charge in [0.05, 0.1) is 0 Å². The highest BCUT2D eigenvalue weighted by atomic mass is 19.1. The van der Waals surface area contributed by atoms with E-state index in [1.165, 1.54) is 18.2 Å². The lowest BCUT2D eigenvalue weighted by Gasteiger charge is -2.12. The maximum absolute atomic E-state index is 13.0. The van der Waals surface area contributed by atoms with Crippen molar-refractivity contribution in [1.82, 2.24) is 0 Å². The average molecular weight is 275 g/mol. The van der Waals surface area contributed by atoms with Crippen molar-refractivity contribution < 1.29 is 19.0 Å². The molecule has 0 aliphatic rings. The number of benzene rings is 2. The first-order valence-electron chi connectivity index (χ1n) is 5.98. The molecule has 0 aliphatic heterocycles. The Morgan fingerprint density at radius 2 is 2.10 bits per heavy atom. The van der Waals surface area contributed by atoms with Crippen LogP contribution in [-0.2, 0) is 6.61 Å². The van der Waals surface area contributed by atoms with Gasteiger partial charge in [-0.25, -0.2) is 9.18 Å². The van der Waals surface area contributed by atoms with Crippen LogP contribution in [0.5, 0.6) is 5.75 Å². The summed E-state index contributed by atoms with van der Waals surface area (Å²) in [6.45, 7) is 1.91. The van der Waals surface area contributed by atoms with Crippen molar-refractivity contribution in [3.63, 3.8) is 0 Å². The fourth-order valence-electron chi connectivity index (χ4n) is 1.87. The van der Waals surface area contributed by atoms with E-state index < -0.39 is 5.97 Å². The molecule has 20 heavy (non-hydrogen) atoms. The van der Waals surface area contributed by atoms with Gasteiger partial charge in [-0.3, -0.25) is 0 Å². The van der Waals surface area contributed by atoms with Crippen molar-refractivity contribution in [3.05, 3.63) is 58.9 Å². The third kappa shape index (κ3) is 2.88. The number of halogens is 1. The average Bonchev–Trinajstić information content (AvgIpc) is 2.37. The van der Waals surface area contributed by atoms with Gasteiger partial charge in [0.15, 0.2) is 0 Å². The number of aromatic carboxylic acids is 1. The Hall–Kier alpha value is -2.56. The van der Waals surface area contributed by atoms with Gasteiger partial charge in [-0.05, 0) is 42.3 Å². The lowest BCUT2D eigenvalue weighted by atomic mass is 10.1. The van der Waals surface area contributed by atoms with Crippen LogP contribution in [0.3, 0.4) is 0 Å². The number of aryl methyl sites for hydroxylation is 1. The third-order valence-corrected chi connectivity index (χ3v) is 2.96. The zero-order valence-electron chi connectivity index (χ0n) is 10.9. The predicted molar refractivity (Wildman–Crippen MR) is 73.3 cm³/mol. The number of nitrogens with two attached hydrogens (primary N) is 1. The molecule has 0 heterocycles. The van der Waals surface area contributed by atoms with Crippen molar-refractivity contribution in [2.24, 2.45) is 0 Å². The van der Waals surface area contributed by atoms with Gasteiger partial charge in [0.1, 0.15) is 23.7 Å². The molecule has 4 nitrogen and oxygen atoms in total. The molecule has 104 valence electrons. The fraction of sp³-hybridized carbons (Fsp3) is 0.133. The minimum Gasteiger partial charge on any atom is -0.488 e. The molecule has 0 amide bonds. The van der Waals surface area contributed by atoms with Crippen LogP contribution in [0.1, 0.15) is 21.5 Å². The largest absolute Gasteiger partial charge is 0.488 e. The molecule has 0 spiro atoms. The number of carboxylic acids is 1. The summed E-state index contributed by atoms with van der Waals surface area (Å²) in [5, 5.41) is 9.13. The summed E-state index contributed by atoms with van der Waals surface area (Å²) < 4.78 is 18.5. The Labute approximate surface area is 115 Å². The number of carboxylic acid groups (broad SMARTS) is 1. The molecule has 2 aromatic rings. The standard InChI is InChI=1S/C15H14FNO3/c1-9-7-11(16)6-5-10(9)8-20-13-4-2-3-12(17)14(13)15(18)19/h2-7H,8,17H2,1H3,(H,18,19). The first kappa shape index (κ1) is 13.9. The number of hydrogen-bond acceptors (Lipinski definition) is 3. The van der Waals surface area contributed by atoms with E-state index in [9.17, 15) is 9.18 Å². The van der Waals surface area contributed by atoms with E-state index in [2.05, 4.69) is 0 Å². The van der Waals surface area contributed by atoms with Gasteiger partial charge < -0.3 is 15.6 Å². The number of anilines is 1. The molecule has 3 N–H and O–H groups in total. The number of carbonyl (C=O) groups is 1. The molecule has 0 saturated carbocycles. The number of rotatable bonds is 4. The smallest absolute Gasteiger partial charge is 0.341 e. The quantitative estimate of drug-likeness (QED) is 0.841. The summed E-state index contributed by atoms with van der Waals surface area (Å²) >= 11 is 0. The minimum absolute atomic E-state index is 0.0627. The second-order valence-electron chi connectivity index (χ2n) is 4.39. The van der Waals surface area contributed by atoms with Crippen molar-refractivity contribution in [1.29, 1.82) is 0 Å². The summed E-state index contributed by atoms with van der Waals surface area (Å²) in [6, 6.07) is 9.00. The maximum Gasteiger partial charge on any atom is 0.341 e. The molecule has 2 aromatic carbocycles. The van der Waals surface area contributed by atoms with Crippen LogP contribution in [0.4, 0.5) is 10.1 Å². The van der Waals surface area contributed by atoms with Gasteiger partial charge in [0.25, 0.3) is 0 Å². The Morgan fingerprint density at radius 3 is 2.75 bits per heavy atom. The van der Waals surface area contributed by atoms with Crippen molar-refractivity contribution in [3.8, 4) is 5.75 Å². The molecule has 0 unspecified atom stereocenters. The van der Waals surface area contributed by atoms with Crippen LogP contribution in [0.15, 0.2) is 36.4 Å². The highest BCUT2D eigenvalue weighted by molar-refractivity contribution is 5.96. The molecule has 0 saturated heterocycles. The molecule has 5 heteroatoms. The predicted octanol–water partition coefficient (Wildman–Crippen LogP) is 2.99. The zero-order chi connectivity index (χ0) is 14.7. The van der Waals surface area contributed by atoms with Crippen LogP contribution in [0.2, 0.25) is 0 Å². The van der Waals surface area contributed by atoms with Gasteiger partial charge >= 0.3 is 5.97 Å². The number of hydrogen-bond donors (Lipinski definition) is 2. The number of ether oxygens (including phenoxy) is 1. The lowest BCUT2D eigenvalue weighted by Crippen LogP contribution is -2.07. The van der Waals surface area contributed by atoms with E-state index in [1.54, 1.807) is 25.1 Å². The number of nitrogen functional groups attached to an aromatic ring is 1. The van der Waals surface area contributed by atoms with Crippen LogP contribution in [0.25, 0.3) is 0 Å². The van der Waals surface area contributed by atoms with Gasteiger partial charge in [-0.1, -0.05) is 12.1 Å². The molecule has 2 rings (SSSR count). The van der Waals surface area contributed by atoms with E-state index in [4.69, 9.17) is 15.6 Å². The van der Waals surface area contributed by atoms with E-state index in [0.717, 1.165) is 11.1 Å². The molecular weight excluding hydrogens is 261 g/mol. The Balaban J connectivity index is 2.23. The molecule has 0 atom stereocenters. The Kier molecular flexibility index (Phi) is 3.89. The van der Waals surface area contributed by atoms with Crippen LogP contribution >= 0.6 is 0 Å². The second kappa shape index (κ2) is 5.61. The minimum atomic E-state index is -1.14. The first-order valence-corrected chi connectivity index (χ1v) is 5.98. The molecule has 0 aromatic heterocycles. The second-order valence-corrected chi connectivity index (χ2v) is 4.39. The molecule has 0 radical (unpaired) electrons. The van der Waals surface area contributed by atoms with Crippen LogP contribution < -0.4 is 10.5 Å². The Bertz CT molecular complexity index is 656. The molecule has 0 bridgehead atoms. The summed E-state index contributed by atoms with van der Waals surface area (Å²) in [4.78, 5) is 11.2. The van der Waals surface area contributed by atoms with Crippen molar-refractivity contribution in [2.75, 3.05) is 5.73 Å². The van der Waals surface area contributed by atoms with Crippen LogP contribution in [0, 0.1) is 12.7 Å². The summed E-state index contributed by atoms with van der Waals surface area (Å²) in [6.07, 6.45) is 0. The highest BCUT2D eigenvalue weighted by Gasteiger charge is 2.15. The van der Waals surface area contributed by atoms with Crippen molar-refractivity contribution in [2.45, 2.75) is 13.5 Å². The fourth-order valence-corrected chi connectivity index (χ4v) is 1.87. The topological polar surface area (TPSA) is 72.5 Å². The summed E-state index contributed by atoms with van der Waals surface area (Å²) in [7, 11) is 0. The summed E-state index contributed by atoms with van der Waals surface area (Å²) in [5.41, 5.74) is 7.24. The van der Waals surface area contributed by atoms with Crippen LogP contribution in [-0.4, -0.2) is 11.1 Å². The monoisotopic (exact) mass is 275 g/mol. The zero-order valence-corrected chi connectivity index (χ0v) is 10.9. The maximum atomic E-state index is 13.0. The van der Waals surface area contributed by atoms with Gasteiger partial charge in [-0.2, -0.15) is 0 Å². The summed E-state index contributed by atoms with van der Waals surface area (Å²) in [5.74, 6) is -1.27. The highest BCUT2D eigenvalue weighted by Crippen LogP contribution is 2.25. The molecule has 0 fully saturated rings. The Morgan fingerprint density at radius 1 is 1.35 bits per heavy atom. The van der Waals surface area contributed by atoms with Gasteiger partial charge in [-0.15, -0.1) is 0 Å². The normalized spacial score (nSPS) is 10.3.